The SMILES string of the molecule is Cc1cc(N2CCCC(C)(C)CC2)c([C@H](C)N)cc1F. The first kappa shape index (κ1) is 15.3. The minimum atomic E-state index is -0.156. The smallest absolute Gasteiger partial charge is 0.126 e. The number of benzene rings is 1. The zero-order valence-corrected chi connectivity index (χ0v) is 13.2. The van der Waals surface area contributed by atoms with Gasteiger partial charge in [-0.3, -0.25) is 0 Å². The summed E-state index contributed by atoms with van der Waals surface area (Å²) in [4.78, 5) is 2.39. The molecule has 2 N–H and O–H groups in total. The van der Waals surface area contributed by atoms with E-state index < -0.39 is 0 Å². The number of anilines is 1. The first-order valence-corrected chi connectivity index (χ1v) is 7.61. The molecule has 1 aromatic rings. The first-order valence-electron chi connectivity index (χ1n) is 7.61. The quantitative estimate of drug-likeness (QED) is 0.879. The van der Waals surface area contributed by atoms with Crippen LogP contribution < -0.4 is 10.6 Å². The lowest BCUT2D eigenvalue weighted by Gasteiger charge is -2.28. The second-order valence-electron chi connectivity index (χ2n) is 6.95. The van der Waals surface area contributed by atoms with E-state index in [1.54, 1.807) is 6.07 Å². The van der Waals surface area contributed by atoms with Gasteiger partial charge in [-0.25, -0.2) is 4.39 Å². The monoisotopic (exact) mass is 278 g/mol. The van der Waals surface area contributed by atoms with Crippen LogP contribution in [0.1, 0.15) is 57.2 Å². The number of aryl methyl sites for hydroxylation is 1. The summed E-state index contributed by atoms with van der Waals surface area (Å²) in [6.45, 7) is 10.5. The maximum Gasteiger partial charge on any atom is 0.126 e. The molecule has 1 aromatic carbocycles. The molecular formula is C17H27FN2. The second kappa shape index (κ2) is 5.72. The summed E-state index contributed by atoms with van der Waals surface area (Å²) < 4.78 is 13.8. The largest absolute Gasteiger partial charge is 0.371 e. The number of halogens is 1. The van der Waals surface area contributed by atoms with E-state index >= 15 is 0 Å². The highest BCUT2D eigenvalue weighted by atomic mass is 19.1. The van der Waals surface area contributed by atoms with Crippen molar-refractivity contribution in [1.29, 1.82) is 0 Å². The van der Waals surface area contributed by atoms with Gasteiger partial charge in [0.15, 0.2) is 0 Å². The Balaban J connectivity index is 2.34. The molecule has 3 heteroatoms. The summed E-state index contributed by atoms with van der Waals surface area (Å²) in [5.41, 5.74) is 9.19. The van der Waals surface area contributed by atoms with Crippen LogP contribution in [0, 0.1) is 18.2 Å². The second-order valence-corrected chi connectivity index (χ2v) is 6.95. The van der Waals surface area contributed by atoms with Gasteiger partial charge in [0.25, 0.3) is 0 Å². The minimum absolute atomic E-state index is 0.142. The Hall–Kier alpha value is -1.09. The molecule has 0 unspecified atom stereocenters. The van der Waals surface area contributed by atoms with Crippen LogP contribution in [0.2, 0.25) is 0 Å². The molecule has 1 saturated heterocycles. The van der Waals surface area contributed by atoms with Crippen LogP contribution in [0.15, 0.2) is 12.1 Å². The average Bonchev–Trinajstić information content (AvgIpc) is 2.53. The Morgan fingerprint density at radius 3 is 2.60 bits per heavy atom. The van der Waals surface area contributed by atoms with E-state index in [0.29, 0.717) is 11.0 Å². The molecule has 0 saturated carbocycles. The third kappa shape index (κ3) is 3.32. The molecule has 0 aromatic heterocycles. The molecular weight excluding hydrogens is 251 g/mol. The third-order valence-electron chi connectivity index (χ3n) is 4.48. The van der Waals surface area contributed by atoms with Gasteiger partial charge in [0.05, 0.1) is 0 Å². The molecule has 20 heavy (non-hydrogen) atoms. The zero-order valence-electron chi connectivity index (χ0n) is 13.2. The van der Waals surface area contributed by atoms with Crippen LogP contribution in [0.3, 0.4) is 0 Å². The van der Waals surface area contributed by atoms with Gasteiger partial charge < -0.3 is 10.6 Å². The van der Waals surface area contributed by atoms with E-state index in [1.165, 1.54) is 19.3 Å². The molecule has 0 amide bonds. The van der Waals surface area contributed by atoms with Crippen molar-refractivity contribution in [2.75, 3.05) is 18.0 Å². The fourth-order valence-corrected chi connectivity index (χ4v) is 2.98. The van der Waals surface area contributed by atoms with Crippen molar-refractivity contribution >= 4 is 5.69 Å². The lowest BCUT2D eigenvalue weighted by Crippen LogP contribution is -2.27. The van der Waals surface area contributed by atoms with Gasteiger partial charge in [0.2, 0.25) is 0 Å². The fraction of sp³-hybridized carbons (Fsp3) is 0.647. The van der Waals surface area contributed by atoms with Crippen molar-refractivity contribution in [1.82, 2.24) is 0 Å². The molecule has 1 aliphatic rings. The van der Waals surface area contributed by atoms with E-state index in [2.05, 4.69) is 18.7 Å². The Bertz CT molecular complexity index is 480. The molecule has 112 valence electrons. The van der Waals surface area contributed by atoms with Gasteiger partial charge in [-0.2, -0.15) is 0 Å². The highest BCUT2D eigenvalue weighted by Gasteiger charge is 2.25. The van der Waals surface area contributed by atoms with E-state index in [1.807, 2.05) is 19.9 Å². The molecule has 0 bridgehead atoms. The molecule has 1 fully saturated rings. The lowest BCUT2D eigenvalue weighted by atomic mass is 9.85. The molecule has 2 rings (SSSR count). The molecule has 0 spiro atoms. The molecule has 0 aliphatic carbocycles. The Morgan fingerprint density at radius 2 is 1.95 bits per heavy atom. The summed E-state index contributed by atoms with van der Waals surface area (Å²) in [5.74, 6) is -0.156. The third-order valence-corrected chi connectivity index (χ3v) is 4.48. The summed E-state index contributed by atoms with van der Waals surface area (Å²) in [6, 6.07) is 3.44. The van der Waals surface area contributed by atoms with Crippen LogP contribution in [-0.4, -0.2) is 13.1 Å². The van der Waals surface area contributed by atoms with Crippen molar-refractivity contribution in [3.63, 3.8) is 0 Å². The van der Waals surface area contributed by atoms with Crippen molar-refractivity contribution < 1.29 is 4.39 Å². The average molecular weight is 278 g/mol. The fourth-order valence-electron chi connectivity index (χ4n) is 2.98. The van der Waals surface area contributed by atoms with Crippen LogP contribution in [0.4, 0.5) is 10.1 Å². The van der Waals surface area contributed by atoms with Gasteiger partial charge in [0, 0.05) is 24.8 Å². The number of nitrogens with zero attached hydrogens (tertiary/aromatic N) is 1. The van der Waals surface area contributed by atoms with Crippen LogP contribution in [0.5, 0.6) is 0 Å². The highest BCUT2D eigenvalue weighted by molar-refractivity contribution is 5.57. The van der Waals surface area contributed by atoms with Gasteiger partial charge >= 0.3 is 0 Å². The Labute approximate surface area is 122 Å². The Morgan fingerprint density at radius 1 is 1.25 bits per heavy atom. The standard InChI is InChI=1S/C17H27FN2/c1-12-10-16(14(13(2)19)11-15(12)18)20-8-5-6-17(3,4)7-9-20/h10-11,13H,5-9,19H2,1-4H3/t13-/m0/s1. The van der Waals surface area contributed by atoms with E-state index in [4.69, 9.17) is 5.73 Å². The van der Waals surface area contributed by atoms with Crippen LogP contribution in [-0.2, 0) is 0 Å². The molecule has 1 atom stereocenters. The van der Waals surface area contributed by atoms with Crippen LogP contribution >= 0.6 is 0 Å². The number of hydrogen-bond donors (Lipinski definition) is 1. The summed E-state index contributed by atoms with van der Waals surface area (Å²) >= 11 is 0. The Kier molecular flexibility index (Phi) is 4.38. The zero-order chi connectivity index (χ0) is 14.9. The molecule has 1 aliphatic heterocycles. The normalized spacial score (nSPS) is 20.6. The number of rotatable bonds is 2. The maximum atomic E-state index is 13.8. The van der Waals surface area contributed by atoms with E-state index in [9.17, 15) is 4.39 Å². The highest BCUT2D eigenvalue weighted by Crippen LogP contribution is 2.34. The molecule has 2 nitrogen and oxygen atoms in total. The van der Waals surface area contributed by atoms with Gasteiger partial charge in [-0.15, -0.1) is 0 Å². The maximum absolute atomic E-state index is 13.8. The topological polar surface area (TPSA) is 29.3 Å². The van der Waals surface area contributed by atoms with Crippen LogP contribution in [0.25, 0.3) is 0 Å². The van der Waals surface area contributed by atoms with Crippen molar-refractivity contribution in [3.8, 4) is 0 Å². The number of nitrogens with two attached hydrogens (primary N) is 1. The van der Waals surface area contributed by atoms with Gasteiger partial charge in [-0.05, 0) is 61.8 Å². The number of hydrogen-bond acceptors (Lipinski definition) is 2. The molecule has 0 radical (unpaired) electrons. The van der Waals surface area contributed by atoms with Crippen molar-refractivity contribution in [2.24, 2.45) is 11.1 Å². The summed E-state index contributed by atoms with van der Waals surface area (Å²) in [5, 5.41) is 0. The van der Waals surface area contributed by atoms with Gasteiger partial charge in [-0.1, -0.05) is 13.8 Å². The minimum Gasteiger partial charge on any atom is -0.371 e. The predicted octanol–water partition coefficient (Wildman–Crippen LogP) is 4.17. The summed E-state index contributed by atoms with van der Waals surface area (Å²) in [7, 11) is 0. The molecule has 1 heterocycles. The van der Waals surface area contributed by atoms with Crippen molar-refractivity contribution in [3.05, 3.63) is 29.1 Å². The first-order chi connectivity index (χ1) is 9.30. The van der Waals surface area contributed by atoms with Crippen molar-refractivity contribution in [2.45, 2.75) is 53.0 Å². The predicted molar refractivity (Wildman–Crippen MR) is 83.6 cm³/mol. The lowest BCUT2D eigenvalue weighted by molar-refractivity contribution is 0.325. The summed E-state index contributed by atoms with van der Waals surface area (Å²) in [6.07, 6.45) is 3.60. The van der Waals surface area contributed by atoms with E-state index in [0.717, 1.165) is 24.3 Å². The van der Waals surface area contributed by atoms with E-state index in [-0.39, 0.29) is 11.9 Å². The van der Waals surface area contributed by atoms with Gasteiger partial charge in [0.1, 0.15) is 5.82 Å².